The van der Waals surface area contributed by atoms with Crippen LogP contribution < -0.4 is 0 Å². The summed E-state index contributed by atoms with van der Waals surface area (Å²) in [6, 6.07) is 0. The molecule has 1 saturated heterocycles. The van der Waals surface area contributed by atoms with Crippen molar-refractivity contribution in [3.8, 4) is 0 Å². The van der Waals surface area contributed by atoms with Gasteiger partial charge in [0.15, 0.2) is 0 Å². The van der Waals surface area contributed by atoms with E-state index in [0.29, 0.717) is 0 Å². The quantitative estimate of drug-likeness (QED) is 0.471. The number of rotatable bonds is 0. The van der Waals surface area contributed by atoms with Crippen molar-refractivity contribution in [2.45, 2.75) is 0 Å². The molecule has 3 heteroatoms. The molecule has 0 N–H and O–H groups in total. The molecule has 2 nitrogen and oxygen atoms in total. The molecule has 0 radical (unpaired) electrons. The van der Waals surface area contributed by atoms with Crippen molar-refractivity contribution < 1.29 is 10.9 Å². The monoisotopic (exact) mass is 125 g/mol. The van der Waals surface area contributed by atoms with Crippen molar-refractivity contribution in [3.63, 3.8) is 0 Å². The molecule has 0 atom stereocenters. The Bertz CT molecular complexity index is 29.5. The molecule has 0 amide bonds. The van der Waals surface area contributed by atoms with Gasteiger partial charge in [-0.15, -0.1) is 12.4 Å². The van der Waals surface area contributed by atoms with Gasteiger partial charge in [0, 0.05) is 0 Å². The Balaban J connectivity index is 0. The van der Waals surface area contributed by atoms with E-state index in [4.69, 9.17) is 9.47 Å². The molecule has 0 aromatic carbocycles. The Morgan fingerprint density at radius 3 is 1.29 bits per heavy atom. The molecule has 0 aromatic heterocycles. The molecular weight excluding hydrogens is 115 g/mol. The minimum absolute atomic E-state index is 0. The molecular formula is C4H10ClO2+. The fourth-order valence-electron chi connectivity index (χ4n) is 0.440. The topological polar surface area (TPSA) is 18.5 Å². The van der Waals surface area contributed by atoms with Crippen molar-refractivity contribution in [2.75, 3.05) is 26.4 Å². The van der Waals surface area contributed by atoms with Gasteiger partial charge in [0.1, 0.15) is 0 Å². The average Bonchev–Trinajstić information content (AvgIpc) is 1.72. The molecule has 0 bridgehead atoms. The fraction of sp³-hybridized carbons (Fsp3) is 1.00. The smallest absolute Gasteiger partial charge is 0.377 e. The summed E-state index contributed by atoms with van der Waals surface area (Å²) in [4.78, 5) is 0. The minimum Gasteiger partial charge on any atom is -0.377 e. The summed E-state index contributed by atoms with van der Waals surface area (Å²) in [6.07, 6.45) is 0. The highest BCUT2D eigenvalue weighted by molar-refractivity contribution is 5.85. The summed E-state index contributed by atoms with van der Waals surface area (Å²) >= 11 is 0. The van der Waals surface area contributed by atoms with Crippen LogP contribution in [0.4, 0.5) is 0 Å². The van der Waals surface area contributed by atoms with Crippen molar-refractivity contribution in [2.24, 2.45) is 0 Å². The predicted octanol–water partition coefficient (Wildman–Crippen LogP) is 0.567. The molecule has 44 valence electrons. The zero-order chi connectivity index (χ0) is 4.24. The second-order valence-electron chi connectivity index (χ2n) is 1.22. The van der Waals surface area contributed by atoms with Crippen molar-refractivity contribution in [1.29, 1.82) is 0 Å². The molecule has 0 spiro atoms. The van der Waals surface area contributed by atoms with Crippen LogP contribution in [-0.2, 0) is 9.47 Å². The molecule has 7 heavy (non-hydrogen) atoms. The van der Waals surface area contributed by atoms with Crippen LogP contribution in [0.2, 0.25) is 0 Å². The number of hydrogen-bond acceptors (Lipinski definition) is 2. The maximum atomic E-state index is 4.94. The summed E-state index contributed by atoms with van der Waals surface area (Å²) in [5.41, 5.74) is 0. The lowest BCUT2D eigenvalue weighted by atomic mass is 10.6. The van der Waals surface area contributed by atoms with Crippen molar-refractivity contribution in [3.05, 3.63) is 0 Å². The lowest BCUT2D eigenvalue weighted by Gasteiger charge is -2.09. The van der Waals surface area contributed by atoms with E-state index in [1.807, 2.05) is 0 Å². The van der Waals surface area contributed by atoms with E-state index in [-0.39, 0.29) is 13.8 Å². The Morgan fingerprint density at radius 1 is 0.857 bits per heavy atom. The summed E-state index contributed by atoms with van der Waals surface area (Å²) < 4.78 is 9.89. The van der Waals surface area contributed by atoms with Gasteiger partial charge in [-0.2, -0.15) is 0 Å². The number of halogens is 1. The molecule has 0 unspecified atom stereocenters. The third-order valence-electron chi connectivity index (χ3n) is 0.744. The predicted molar refractivity (Wildman–Crippen MR) is 30.0 cm³/mol. The summed E-state index contributed by atoms with van der Waals surface area (Å²) in [6.45, 7) is 3.11. The summed E-state index contributed by atoms with van der Waals surface area (Å²) in [7, 11) is 0. The van der Waals surface area contributed by atoms with Crippen molar-refractivity contribution in [1.82, 2.24) is 0 Å². The molecule has 1 aliphatic heterocycles. The van der Waals surface area contributed by atoms with Gasteiger partial charge in [0.2, 0.25) is 0 Å². The van der Waals surface area contributed by atoms with E-state index in [1.54, 1.807) is 0 Å². The van der Waals surface area contributed by atoms with Gasteiger partial charge in [0.05, 0.1) is 26.4 Å². The first-order valence-electron chi connectivity index (χ1n) is 2.15. The Hall–Kier alpha value is 0.210. The van der Waals surface area contributed by atoms with Gasteiger partial charge >= 0.3 is 1.43 Å². The van der Waals surface area contributed by atoms with Gasteiger partial charge in [-0.1, -0.05) is 0 Å². The SMILES string of the molecule is C1COCCO1.Cl.[H+]. The zero-order valence-corrected chi connectivity index (χ0v) is 4.87. The van der Waals surface area contributed by atoms with Gasteiger partial charge in [-0.25, -0.2) is 0 Å². The highest BCUT2D eigenvalue weighted by Crippen LogP contribution is 1.85. The number of ether oxygens (including phenoxy) is 2. The summed E-state index contributed by atoms with van der Waals surface area (Å²) in [5.74, 6) is 0. The Labute approximate surface area is 50.7 Å². The first-order valence-corrected chi connectivity index (χ1v) is 2.15. The Kier molecular flexibility index (Phi) is 4.50. The normalized spacial score (nSPS) is 20.6. The van der Waals surface area contributed by atoms with Gasteiger partial charge in [0.25, 0.3) is 0 Å². The highest BCUT2D eigenvalue weighted by Gasteiger charge is 1.94. The van der Waals surface area contributed by atoms with E-state index < -0.39 is 0 Å². The zero-order valence-electron chi connectivity index (χ0n) is 5.05. The molecule has 0 aromatic rings. The summed E-state index contributed by atoms with van der Waals surface area (Å²) in [5, 5.41) is 0. The third-order valence-corrected chi connectivity index (χ3v) is 0.744. The van der Waals surface area contributed by atoms with Crippen LogP contribution in [0.3, 0.4) is 0 Å². The van der Waals surface area contributed by atoms with E-state index in [9.17, 15) is 0 Å². The lowest BCUT2D eigenvalue weighted by molar-refractivity contribution is -0.0334. The van der Waals surface area contributed by atoms with E-state index in [0.717, 1.165) is 26.4 Å². The third kappa shape index (κ3) is 2.85. The number of hydrogen-bond donors (Lipinski definition) is 0. The van der Waals surface area contributed by atoms with E-state index >= 15 is 0 Å². The van der Waals surface area contributed by atoms with Crippen molar-refractivity contribution >= 4 is 12.4 Å². The largest absolute Gasteiger partial charge is 1.00 e. The first-order chi connectivity index (χ1) is 3.00. The lowest BCUT2D eigenvalue weighted by Crippen LogP contribution is -2.16. The molecule has 1 rings (SSSR count). The molecule has 1 fully saturated rings. The first kappa shape index (κ1) is 7.21. The molecule has 0 aliphatic carbocycles. The van der Waals surface area contributed by atoms with Gasteiger partial charge in [-0.05, 0) is 0 Å². The van der Waals surface area contributed by atoms with Gasteiger partial charge in [-0.3, -0.25) is 0 Å². The Morgan fingerprint density at radius 2 is 1.14 bits per heavy atom. The standard InChI is InChI=1S/C4H8O2.ClH/c1-2-6-4-3-5-1;/h1-4H2;1H/p+1. The second-order valence-corrected chi connectivity index (χ2v) is 1.22. The molecule has 1 aliphatic rings. The van der Waals surface area contributed by atoms with Gasteiger partial charge < -0.3 is 9.47 Å². The molecule has 0 saturated carbocycles. The second kappa shape index (κ2) is 4.37. The maximum Gasteiger partial charge on any atom is 1.00 e. The van der Waals surface area contributed by atoms with Crippen LogP contribution in [-0.4, -0.2) is 26.4 Å². The van der Waals surface area contributed by atoms with Crippen LogP contribution in [0.25, 0.3) is 0 Å². The van der Waals surface area contributed by atoms with E-state index in [1.165, 1.54) is 0 Å². The van der Waals surface area contributed by atoms with Crippen LogP contribution in [0.5, 0.6) is 0 Å². The molecule has 1 heterocycles. The van der Waals surface area contributed by atoms with Crippen LogP contribution in [0.1, 0.15) is 1.43 Å². The highest BCUT2D eigenvalue weighted by atomic mass is 35.5. The average molecular weight is 126 g/mol. The van der Waals surface area contributed by atoms with Crippen LogP contribution in [0.15, 0.2) is 0 Å². The minimum atomic E-state index is 0. The van der Waals surface area contributed by atoms with Crippen LogP contribution in [0, 0.1) is 0 Å². The van der Waals surface area contributed by atoms with E-state index in [2.05, 4.69) is 0 Å². The maximum absolute atomic E-state index is 4.94. The van der Waals surface area contributed by atoms with Crippen LogP contribution >= 0.6 is 12.4 Å². The fourth-order valence-corrected chi connectivity index (χ4v) is 0.440.